The average molecular weight is 270 g/mol. The largest absolute Gasteiger partial charge is 0.542 e. The van der Waals surface area contributed by atoms with Crippen molar-refractivity contribution in [3.8, 4) is 5.75 Å². The first-order valence-electron chi connectivity index (χ1n) is 6.08. The first-order valence-corrected chi connectivity index (χ1v) is 8.49. The minimum Gasteiger partial charge on any atom is -0.542 e. The van der Waals surface area contributed by atoms with E-state index in [1.165, 1.54) is 0 Å². The summed E-state index contributed by atoms with van der Waals surface area (Å²) in [5, 5.41) is 0. The van der Waals surface area contributed by atoms with Gasteiger partial charge in [-0.15, -0.1) is 0 Å². The highest BCUT2D eigenvalue weighted by Gasteiger charge is 2.05. The maximum absolute atomic E-state index is 5.84. The van der Waals surface area contributed by atoms with Crippen molar-refractivity contribution in [3.63, 3.8) is 0 Å². The molecule has 0 bridgehead atoms. The van der Waals surface area contributed by atoms with E-state index in [2.05, 4.69) is 28.1 Å². The molecule has 0 fully saturated rings. The minimum atomic E-state index is -0.762. The number of hydrogen-bond donors (Lipinski definition) is 0. The topological polar surface area (TPSA) is 47.4 Å². The summed E-state index contributed by atoms with van der Waals surface area (Å²) in [6.45, 7) is 4.80. The van der Waals surface area contributed by atoms with E-state index in [1.54, 1.807) is 24.7 Å². The molecule has 1 heterocycles. The zero-order valence-electron chi connectivity index (χ0n) is 11.1. The van der Waals surface area contributed by atoms with E-state index < -0.39 is 9.04 Å². The molecular formula is C14H16N3OSi. The Hall–Kier alpha value is -2.01. The number of nitrogens with zero attached hydrogens (tertiary/aromatic N) is 3. The predicted molar refractivity (Wildman–Crippen MR) is 77.9 cm³/mol. The predicted octanol–water partition coefficient (Wildman–Crippen LogP) is 2.73. The first-order chi connectivity index (χ1) is 9.25. The van der Waals surface area contributed by atoms with Crippen LogP contribution in [0.5, 0.6) is 5.75 Å². The molecule has 0 spiro atoms. The molecular weight excluding hydrogens is 254 g/mol. The standard InChI is InChI=1S/C14H16N3OSi/c1-19(2)18-13-7-4-3-6-12(13)10-15-11-14-16-8-5-9-17-14/h3-9,11H,10H2,1-2H3. The maximum atomic E-state index is 5.84. The summed E-state index contributed by atoms with van der Waals surface area (Å²) in [6.07, 6.45) is 5.09. The summed E-state index contributed by atoms with van der Waals surface area (Å²) < 4.78 is 5.84. The summed E-state index contributed by atoms with van der Waals surface area (Å²) in [7, 11) is -0.762. The maximum Gasteiger partial charge on any atom is 0.274 e. The zero-order valence-corrected chi connectivity index (χ0v) is 12.1. The van der Waals surface area contributed by atoms with Crippen molar-refractivity contribution in [2.24, 2.45) is 4.99 Å². The van der Waals surface area contributed by atoms with Gasteiger partial charge in [0.15, 0.2) is 5.82 Å². The van der Waals surface area contributed by atoms with Crippen LogP contribution < -0.4 is 4.43 Å². The van der Waals surface area contributed by atoms with Crippen LogP contribution in [-0.4, -0.2) is 25.2 Å². The first kappa shape index (κ1) is 13.4. The molecule has 0 aliphatic heterocycles. The van der Waals surface area contributed by atoms with E-state index in [0.717, 1.165) is 11.3 Å². The van der Waals surface area contributed by atoms with Crippen LogP contribution in [0.25, 0.3) is 0 Å². The lowest BCUT2D eigenvalue weighted by molar-refractivity contribution is 0.572. The van der Waals surface area contributed by atoms with E-state index in [4.69, 9.17) is 4.43 Å². The fraction of sp³-hybridized carbons (Fsp3) is 0.214. The Balaban J connectivity index is 2.05. The summed E-state index contributed by atoms with van der Waals surface area (Å²) >= 11 is 0. The number of para-hydroxylation sites is 1. The molecule has 1 aromatic heterocycles. The molecule has 2 aromatic rings. The molecule has 1 aromatic carbocycles. The Labute approximate surface area is 114 Å². The average Bonchev–Trinajstić information content (AvgIpc) is 2.41. The molecule has 0 aliphatic carbocycles. The molecule has 2 rings (SSSR count). The molecule has 0 N–H and O–H groups in total. The van der Waals surface area contributed by atoms with Gasteiger partial charge in [-0.05, 0) is 25.2 Å². The monoisotopic (exact) mass is 270 g/mol. The number of aliphatic imine (C=N–C) groups is 1. The normalized spacial score (nSPS) is 11.1. The smallest absolute Gasteiger partial charge is 0.274 e. The van der Waals surface area contributed by atoms with Crippen LogP contribution >= 0.6 is 0 Å². The van der Waals surface area contributed by atoms with Crippen LogP contribution in [0.2, 0.25) is 13.1 Å². The summed E-state index contributed by atoms with van der Waals surface area (Å²) in [4.78, 5) is 12.5. The fourth-order valence-corrected chi connectivity index (χ4v) is 2.20. The number of hydrogen-bond acceptors (Lipinski definition) is 4. The van der Waals surface area contributed by atoms with Crippen molar-refractivity contribution in [1.29, 1.82) is 0 Å². The molecule has 0 saturated carbocycles. The van der Waals surface area contributed by atoms with Crippen LogP contribution in [0, 0.1) is 0 Å². The second-order valence-corrected chi connectivity index (χ2v) is 6.22. The van der Waals surface area contributed by atoms with Crippen molar-refractivity contribution in [2.75, 3.05) is 0 Å². The molecule has 0 saturated heterocycles. The summed E-state index contributed by atoms with van der Waals surface area (Å²) in [5.74, 6) is 1.55. The Morgan fingerprint density at radius 3 is 2.63 bits per heavy atom. The highest BCUT2D eigenvalue weighted by Crippen LogP contribution is 2.19. The van der Waals surface area contributed by atoms with Gasteiger partial charge in [-0.25, -0.2) is 9.97 Å². The van der Waals surface area contributed by atoms with Gasteiger partial charge >= 0.3 is 0 Å². The SMILES string of the molecule is C[Si](C)Oc1ccccc1CN=Cc1ncccn1. The third-order valence-electron chi connectivity index (χ3n) is 2.34. The van der Waals surface area contributed by atoms with Gasteiger partial charge in [-0.3, -0.25) is 4.99 Å². The second kappa shape index (κ2) is 6.80. The number of rotatable bonds is 5. The van der Waals surface area contributed by atoms with Gasteiger partial charge in [0.05, 0.1) is 12.8 Å². The number of aromatic nitrogens is 2. The van der Waals surface area contributed by atoms with Gasteiger partial charge in [-0.2, -0.15) is 0 Å². The van der Waals surface area contributed by atoms with Crippen LogP contribution in [0.15, 0.2) is 47.7 Å². The van der Waals surface area contributed by atoms with Crippen molar-refractivity contribution < 1.29 is 4.43 Å². The molecule has 5 heteroatoms. The third kappa shape index (κ3) is 4.29. The van der Waals surface area contributed by atoms with Crippen molar-refractivity contribution in [3.05, 3.63) is 54.1 Å². The highest BCUT2D eigenvalue weighted by atomic mass is 28.3. The molecule has 0 amide bonds. The van der Waals surface area contributed by atoms with Gasteiger partial charge in [0.25, 0.3) is 9.04 Å². The molecule has 0 atom stereocenters. The molecule has 1 radical (unpaired) electrons. The lowest BCUT2D eigenvalue weighted by Gasteiger charge is -2.11. The summed E-state index contributed by atoms with van der Waals surface area (Å²) in [5.41, 5.74) is 1.08. The molecule has 4 nitrogen and oxygen atoms in total. The van der Waals surface area contributed by atoms with Gasteiger partial charge in [0, 0.05) is 18.0 Å². The highest BCUT2D eigenvalue weighted by molar-refractivity contribution is 6.49. The zero-order chi connectivity index (χ0) is 13.5. The second-order valence-electron chi connectivity index (χ2n) is 4.19. The van der Waals surface area contributed by atoms with Crippen LogP contribution in [-0.2, 0) is 6.54 Å². The van der Waals surface area contributed by atoms with Gasteiger partial charge in [-0.1, -0.05) is 18.2 Å². The van der Waals surface area contributed by atoms with Crippen LogP contribution in [0.1, 0.15) is 11.4 Å². The van der Waals surface area contributed by atoms with Crippen molar-refractivity contribution in [2.45, 2.75) is 19.6 Å². The van der Waals surface area contributed by atoms with E-state index >= 15 is 0 Å². The Kier molecular flexibility index (Phi) is 4.80. The fourth-order valence-electron chi connectivity index (χ4n) is 1.56. The number of benzene rings is 1. The quantitative estimate of drug-likeness (QED) is 0.620. The molecule has 0 aliphatic rings. The Morgan fingerprint density at radius 1 is 1.16 bits per heavy atom. The van der Waals surface area contributed by atoms with Gasteiger partial charge in [0.1, 0.15) is 5.75 Å². The molecule has 19 heavy (non-hydrogen) atoms. The lowest BCUT2D eigenvalue weighted by atomic mass is 10.2. The van der Waals surface area contributed by atoms with Crippen molar-refractivity contribution in [1.82, 2.24) is 9.97 Å². The van der Waals surface area contributed by atoms with Crippen LogP contribution in [0.4, 0.5) is 0 Å². The Morgan fingerprint density at radius 2 is 1.89 bits per heavy atom. The van der Waals surface area contributed by atoms with E-state index in [-0.39, 0.29) is 0 Å². The lowest BCUT2D eigenvalue weighted by Crippen LogP contribution is -2.12. The van der Waals surface area contributed by atoms with Crippen LogP contribution in [0.3, 0.4) is 0 Å². The summed E-state index contributed by atoms with van der Waals surface area (Å²) in [6, 6.07) is 9.78. The van der Waals surface area contributed by atoms with Gasteiger partial charge in [0.2, 0.25) is 0 Å². The molecule has 97 valence electrons. The van der Waals surface area contributed by atoms with Gasteiger partial charge < -0.3 is 4.43 Å². The molecule has 0 unspecified atom stereocenters. The third-order valence-corrected chi connectivity index (χ3v) is 2.97. The minimum absolute atomic E-state index is 0.573. The Bertz CT molecular complexity index is 543. The van der Waals surface area contributed by atoms with E-state index in [9.17, 15) is 0 Å². The van der Waals surface area contributed by atoms with E-state index in [1.807, 2.05) is 24.3 Å². The van der Waals surface area contributed by atoms with E-state index in [0.29, 0.717) is 12.4 Å². The van der Waals surface area contributed by atoms with Crippen molar-refractivity contribution >= 4 is 15.3 Å².